The van der Waals surface area contributed by atoms with E-state index in [2.05, 4.69) is 4.74 Å². The third-order valence-corrected chi connectivity index (χ3v) is 4.18. The molecule has 0 saturated carbocycles. The summed E-state index contributed by atoms with van der Waals surface area (Å²) in [4.78, 5) is 20.7. The maximum absolute atomic E-state index is 12.0. The SMILES string of the molecule is COC(=O)C(O)CNS(=O)(=O)c1ccc([N+](=O)[O-])cc1C. The summed E-state index contributed by atoms with van der Waals surface area (Å²) < 4.78 is 30.3. The first-order valence-electron chi connectivity index (χ1n) is 5.69. The van der Waals surface area contributed by atoms with E-state index >= 15 is 0 Å². The zero-order valence-electron chi connectivity index (χ0n) is 11.3. The van der Waals surface area contributed by atoms with Gasteiger partial charge in [-0.15, -0.1) is 0 Å². The predicted molar refractivity (Wildman–Crippen MR) is 71.0 cm³/mol. The zero-order chi connectivity index (χ0) is 16.2. The molecule has 0 heterocycles. The number of nitrogens with one attached hydrogen (secondary N) is 1. The summed E-state index contributed by atoms with van der Waals surface area (Å²) in [5, 5.41) is 19.9. The molecule has 10 heteroatoms. The summed E-state index contributed by atoms with van der Waals surface area (Å²) >= 11 is 0. The van der Waals surface area contributed by atoms with Crippen molar-refractivity contribution in [1.82, 2.24) is 4.72 Å². The Morgan fingerprint density at radius 2 is 2.14 bits per heavy atom. The fourth-order valence-corrected chi connectivity index (χ4v) is 2.80. The topological polar surface area (TPSA) is 136 Å². The Hall–Kier alpha value is -2.04. The standard InChI is InChI=1S/C11H14N2O7S/c1-7-5-8(13(16)17)3-4-10(7)21(18,19)12-6-9(14)11(15)20-2/h3-5,9,12,14H,6H2,1-2H3. The van der Waals surface area contributed by atoms with Gasteiger partial charge in [0.15, 0.2) is 6.10 Å². The van der Waals surface area contributed by atoms with Crippen LogP contribution in [0.1, 0.15) is 5.56 Å². The molecule has 0 bridgehead atoms. The summed E-state index contributed by atoms with van der Waals surface area (Å²) in [6.07, 6.45) is -1.64. The molecule has 1 aromatic rings. The number of nitro benzene ring substituents is 1. The number of aliphatic hydroxyl groups excluding tert-OH is 1. The second-order valence-corrected chi connectivity index (χ2v) is 5.83. The summed E-state index contributed by atoms with van der Waals surface area (Å²) in [7, 11) is -2.95. The van der Waals surface area contributed by atoms with Gasteiger partial charge in [-0.1, -0.05) is 0 Å². The molecule has 0 fully saturated rings. The highest BCUT2D eigenvalue weighted by Gasteiger charge is 2.22. The molecule has 1 atom stereocenters. The molecule has 0 spiro atoms. The highest BCUT2D eigenvalue weighted by Crippen LogP contribution is 2.20. The number of hydrogen-bond acceptors (Lipinski definition) is 7. The number of hydrogen-bond donors (Lipinski definition) is 2. The van der Waals surface area contributed by atoms with E-state index < -0.39 is 33.6 Å². The van der Waals surface area contributed by atoms with E-state index in [-0.39, 0.29) is 16.1 Å². The first kappa shape index (κ1) is 17.0. The molecule has 116 valence electrons. The molecule has 1 unspecified atom stereocenters. The molecule has 1 rings (SSSR count). The smallest absolute Gasteiger partial charge is 0.336 e. The monoisotopic (exact) mass is 318 g/mol. The minimum absolute atomic E-state index is 0.171. The maximum Gasteiger partial charge on any atom is 0.336 e. The normalized spacial score (nSPS) is 12.7. The number of aliphatic hydroxyl groups is 1. The van der Waals surface area contributed by atoms with Crippen LogP contribution in [0.5, 0.6) is 0 Å². The molecule has 0 radical (unpaired) electrons. The molecular weight excluding hydrogens is 304 g/mol. The van der Waals surface area contributed by atoms with Gasteiger partial charge < -0.3 is 9.84 Å². The fraction of sp³-hybridized carbons (Fsp3) is 0.364. The van der Waals surface area contributed by atoms with Crippen molar-refractivity contribution in [2.75, 3.05) is 13.7 Å². The average Bonchev–Trinajstić information content (AvgIpc) is 2.43. The van der Waals surface area contributed by atoms with Crippen LogP contribution in [0.3, 0.4) is 0 Å². The lowest BCUT2D eigenvalue weighted by molar-refractivity contribution is -0.385. The Balaban J connectivity index is 2.93. The molecule has 2 N–H and O–H groups in total. The lowest BCUT2D eigenvalue weighted by Crippen LogP contribution is -2.37. The molecule has 21 heavy (non-hydrogen) atoms. The first-order chi connectivity index (χ1) is 9.69. The van der Waals surface area contributed by atoms with Gasteiger partial charge in [0.1, 0.15) is 0 Å². The van der Waals surface area contributed by atoms with Crippen molar-refractivity contribution in [2.45, 2.75) is 17.9 Å². The van der Waals surface area contributed by atoms with Crippen LogP contribution < -0.4 is 4.72 Å². The second-order valence-electron chi connectivity index (χ2n) is 4.10. The number of rotatable bonds is 6. The molecule has 0 aliphatic rings. The van der Waals surface area contributed by atoms with E-state index in [4.69, 9.17) is 0 Å². The molecule has 0 saturated heterocycles. The lowest BCUT2D eigenvalue weighted by atomic mass is 10.2. The molecule has 0 aromatic heterocycles. The molecule has 0 amide bonds. The Morgan fingerprint density at radius 3 is 2.62 bits per heavy atom. The molecule has 9 nitrogen and oxygen atoms in total. The number of carbonyl (C=O) groups is 1. The fourth-order valence-electron chi connectivity index (χ4n) is 1.53. The van der Waals surface area contributed by atoms with Crippen LogP contribution in [0.2, 0.25) is 0 Å². The summed E-state index contributed by atoms with van der Waals surface area (Å²) in [5.41, 5.74) is -0.0645. The zero-order valence-corrected chi connectivity index (χ0v) is 12.1. The Kier molecular flexibility index (Phi) is 5.35. The minimum Gasteiger partial charge on any atom is -0.467 e. The van der Waals surface area contributed by atoms with Gasteiger partial charge in [-0.25, -0.2) is 17.9 Å². The third kappa shape index (κ3) is 4.21. The van der Waals surface area contributed by atoms with Gasteiger partial charge in [-0.2, -0.15) is 0 Å². The van der Waals surface area contributed by atoms with Gasteiger partial charge in [0.25, 0.3) is 5.69 Å². The number of sulfonamides is 1. The van der Waals surface area contributed by atoms with Crippen LogP contribution in [-0.4, -0.2) is 44.2 Å². The highest BCUT2D eigenvalue weighted by atomic mass is 32.2. The van der Waals surface area contributed by atoms with Gasteiger partial charge in [0, 0.05) is 18.7 Å². The number of carbonyl (C=O) groups excluding carboxylic acids is 1. The van der Waals surface area contributed by atoms with E-state index in [1.165, 1.54) is 6.92 Å². The second kappa shape index (κ2) is 6.61. The van der Waals surface area contributed by atoms with Crippen LogP contribution in [0, 0.1) is 17.0 Å². The van der Waals surface area contributed by atoms with E-state index in [1.54, 1.807) is 0 Å². The number of non-ortho nitro benzene ring substituents is 1. The van der Waals surface area contributed by atoms with Crippen LogP contribution in [0.15, 0.2) is 23.1 Å². The summed E-state index contributed by atoms with van der Waals surface area (Å²) in [6, 6.07) is 3.25. The number of nitrogens with zero attached hydrogens (tertiary/aromatic N) is 1. The van der Waals surface area contributed by atoms with Gasteiger partial charge in [-0.3, -0.25) is 10.1 Å². The Bertz CT molecular complexity index is 657. The molecule has 0 aliphatic carbocycles. The van der Waals surface area contributed by atoms with Crippen molar-refractivity contribution in [2.24, 2.45) is 0 Å². The average molecular weight is 318 g/mol. The number of aryl methyl sites for hydroxylation is 1. The van der Waals surface area contributed by atoms with Gasteiger partial charge >= 0.3 is 5.97 Å². The van der Waals surface area contributed by atoms with Gasteiger partial charge in [0.2, 0.25) is 10.0 Å². The first-order valence-corrected chi connectivity index (χ1v) is 7.18. The summed E-state index contributed by atoms with van der Waals surface area (Å²) in [5.74, 6) is -0.974. The molecule has 0 aliphatic heterocycles. The number of esters is 1. The van der Waals surface area contributed by atoms with Gasteiger partial charge in [-0.05, 0) is 18.6 Å². The quantitative estimate of drug-likeness (QED) is 0.418. The van der Waals surface area contributed by atoms with Crippen molar-refractivity contribution in [1.29, 1.82) is 0 Å². The van der Waals surface area contributed by atoms with Crippen LogP contribution >= 0.6 is 0 Å². The van der Waals surface area contributed by atoms with E-state index in [9.17, 15) is 28.4 Å². The number of nitro groups is 1. The van der Waals surface area contributed by atoms with Crippen molar-refractivity contribution >= 4 is 21.7 Å². The minimum atomic E-state index is -4.01. The largest absolute Gasteiger partial charge is 0.467 e. The number of ether oxygens (including phenoxy) is 1. The highest BCUT2D eigenvalue weighted by molar-refractivity contribution is 7.89. The van der Waals surface area contributed by atoms with Crippen LogP contribution in [-0.2, 0) is 19.6 Å². The van der Waals surface area contributed by atoms with E-state index in [1.807, 2.05) is 4.72 Å². The predicted octanol–water partition coefficient (Wildman–Crippen LogP) is -0.285. The van der Waals surface area contributed by atoms with Crippen molar-refractivity contribution in [3.05, 3.63) is 33.9 Å². The van der Waals surface area contributed by atoms with E-state index in [0.29, 0.717) is 0 Å². The molecule has 1 aromatic carbocycles. The lowest BCUT2D eigenvalue weighted by Gasteiger charge is -2.11. The third-order valence-electron chi connectivity index (χ3n) is 2.60. The molecular formula is C11H14N2O7S. The Morgan fingerprint density at radius 1 is 1.52 bits per heavy atom. The number of methoxy groups -OCH3 is 1. The van der Waals surface area contributed by atoms with Crippen LogP contribution in [0.4, 0.5) is 5.69 Å². The van der Waals surface area contributed by atoms with Crippen molar-refractivity contribution in [3.8, 4) is 0 Å². The van der Waals surface area contributed by atoms with Crippen LogP contribution in [0.25, 0.3) is 0 Å². The number of benzene rings is 1. The Labute approximate surface area is 120 Å². The summed E-state index contributed by atoms with van der Waals surface area (Å²) in [6.45, 7) is 0.837. The van der Waals surface area contributed by atoms with Crippen molar-refractivity contribution in [3.63, 3.8) is 0 Å². The van der Waals surface area contributed by atoms with Gasteiger partial charge in [0.05, 0.1) is 16.9 Å². The van der Waals surface area contributed by atoms with E-state index in [0.717, 1.165) is 25.3 Å². The maximum atomic E-state index is 12.0. The van der Waals surface area contributed by atoms with Crippen molar-refractivity contribution < 1.29 is 28.0 Å².